The fourth-order valence-electron chi connectivity index (χ4n) is 2.27. The molecule has 1 unspecified atom stereocenters. The summed E-state index contributed by atoms with van der Waals surface area (Å²) in [4.78, 5) is 20.6. The highest BCUT2D eigenvalue weighted by Gasteiger charge is 2.21. The van der Waals surface area contributed by atoms with Crippen molar-refractivity contribution in [3.05, 3.63) is 29.8 Å². The Morgan fingerprint density at radius 1 is 1.37 bits per heavy atom. The second-order valence-corrected chi connectivity index (χ2v) is 5.23. The molecular weight excluding hydrogens is 245 g/mol. The summed E-state index contributed by atoms with van der Waals surface area (Å²) in [6, 6.07) is 2.74. The molecule has 0 N–H and O–H groups in total. The number of carbonyl (C=O) groups excluding carboxylic acids is 1. The van der Waals surface area contributed by atoms with E-state index in [0.717, 1.165) is 38.9 Å². The van der Waals surface area contributed by atoms with Crippen LogP contribution in [0.15, 0.2) is 18.3 Å². The molecule has 1 aliphatic heterocycles. The average Bonchev–Trinajstić information content (AvgIpc) is 2.41. The second kappa shape index (κ2) is 6.21. The summed E-state index contributed by atoms with van der Waals surface area (Å²) in [6.07, 6.45) is 1.09. The predicted molar refractivity (Wildman–Crippen MR) is 71.6 cm³/mol. The largest absolute Gasteiger partial charge is 0.304 e. The highest BCUT2D eigenvalue weighted by atomic mass is 19.1. The Hall–Kier alpha value is -1.33. The van der Waals surface area contributed by atoms with Crippen molar-refractivity contribution in [1.29, 1.82) is 0 Å². The summed E-state index contributed by atoms with van der Waals surface area (Å²) in [5.41, 5.74) is 0.350. The molecule has 0 aliphatic carbocycles. The molecule has 104 valence electrons. The van der Waals surface area contributed by atoms with Crippen LogP contribution in [0.1, 0.15) is 17.4 Å². The number of likely N-dealkylation sites (N-methyl/N-ethyl adjacent to an activating group) is 1. The minimum atomic E-state index is -0.414. The van der Waals surface area contributed by atoms with Crippen LogP contribution < -0.4 is 0 Å². The fraction of sp³-hybridized carbons (Fsp3) is 0.571. The Morgan fingerprint density at radius 3 is 2.63 bits per heavy atom. The van der Waals surface area contributed by atoms with Gasteiger partial charge in [-0.2, -0.15) is 0 Å². The molecule has 0 spiro atoms. The normalized spacial score (nSPS) is 19.3. The Bertz CT molecular complexity index is 427. The third kappa shape index (κ3) is 3.81. The van der Waals surface area contributed by atoms with Crippen LogP contribution >= 0.6 is 0 Å². The van der Waals surface area contributed by atoms with Gasteiger partial charge in [0.2, 0.25) is 0 Å². The number of hydrogen-bond acceptors (Lipinski definition) is 4. The second-order valence-electron chi connectivity index (χ2n) is 5.23. The van der Waals surface area contributed by atoms with Crippen molar-refractivity contribution in [2.75, 3.05) is 39.8 Å². The van der Waals surface area contributed by atoms with Gasteiger partial charge in [-0.15, -0.1) is 0 Å². The maximum atomic E-state index is 12.8. The summed E-state index contributed by atoms with van der Waals surface area (Å²) in [7, 11) is 2.11. The van der Waals surface area contributed by atoms with E-state index < -0.39 is 5.82 Å². The molecule has 0 bridgehead atoms. The number of aromatic nitrogens is 1. The van der Waals surface area contributed by atoms with Crippen LogP contribution in [0.5, 0.6) is 0 Å². The van der Waals surface area contributed by atoms with E-state index in [1.54, 1.807) is 0 Å². The number of halogens is 1. The molecule has 1 aliphatic rings. The Labute approximate surface area is 113 Å². The van der Waals surface area contributed by atoms with Gasteiger partial charge in [-0.25, -0.2) is 4.39 Å². The summed E-state index contributed by atoms with van der Waals surface area (Å²) in [5, 5.41) is 0. The number of piperazine rings is 1. The summed E-state index contributed by atoms with van der Waals surface area (Å²) >= 11 is 0. The van der Waals surface area contributed by atoms with Gasteiger partial charge in [0.05, 0.1) is 6.20 Å². The molecule has 1 aromatic heterocycles. The number of Topliss-reactive ketones (excluding diaryl/α,β-unsaturated/α-hetero) is 1. The fourth-order valence-corrected chi connectivity index (χ4v) is 2.27. The lowest BCUT2D eigenvalue weighted by atomic mass is 10.0. The predicted octanol–water partition coefficient (Wildman–Crippen LogP) is 1.29. The number of nitrogens with zero attached hydrogens (tertiary/aromatic N) is 3. The number of pyridine rings is 1. The molecule has 0 aromatic carbocycles. The van der Waals surface area contributed by atoms with E-state index in [1.165, 1.54) is 12.1 Å². The van der Waals surface area contributed by atoms with Gasteiger partial charge in [0.1, 0.15) is 11.5 Å². The number of rotatable bonds is 4. The first-order valence-electron chi connectivity index (χ1n) is 6.63. The first-order valence-corrected chi connectivity index (χ1v) is 6.63. The Balaban J connectivity index is 1.90. The minimum Gasteiger partial charge on any atom is -0.304 e. The topological polar surface area (TPSA) is 36.4 Å². The number of carbonyl (C=O) groups is 1. The Kier molecular flexibility index (Phi) is 4.61. The minimum absolute atomic E-state index is 0.0149. The maximum Gasteiger partial charge on any atom is 0.185 e. The summed E-state index contributed by atoms with van der Waals surface area (Å²) in [6.45, 7) is 6.71. The first-order chi connectivity index (χ1) is 9.06. The molecule has 1 aromatic rings. The van der Waals surface area contributed by atoms with Crippen molar-refractivity contribution in [3.63, 3.8) is 0 Å². The standard InChI is InChI=1S/C14H20FN3O/c1-11(10-18-7-5-17(2)6-8-18)14(19)13-4-3-12(15)9-16-13/h3-4,9,11H,5-8,10H2,1-2H3. The molecule has 0 saturated carbocycles. The van der Waals surface area contributed by atoms with Crippen molar-refractivity contribution in [3.8, 4) is 0 Å². The van der Waals surface area contributed by atoms with Gasteiger partial charge in [0.25, 0.3) is 0 Å². The molecule has 2 heterocycles. The zero-order valence-corrected chi connectivity index (χ0v) is 11.5. The van der Waals surface area contributed by atoms with Crippen LogP contribution in [0.25, 0.3) is 0 Å². The van der Waals surface area contributed by atoms with Crippen LogP contribution in [0, 0.1) is 11.7 Å². The van der Waals surface area contributed by atoms with Crippen molar-refractivity contribution in [1.82, 2.24) is 14.8 Å². The molecule has 0 amide bonds. The highest BCUT2D eigenvalue weighted by molar-refractivity contribution is 5.95. The lowest BCUT2D eigenvalue weighted by Crippen LogP contribution is -2.46. The smallest absolute Gasteiger partial charge is 0.185 e. The van der Waals surface area contributed by atoms with Crippen molar-refractivity contribution in [2.45, 2.75) is 6.92 Å². The monoisotopic (exact) mass is 265 g/mol. The van der Waals surface area contributed by atoms with Crippen molar-refractivity contribution in [2.24, 2.45) is 5.92 Å². The average molecular weight is 265 g/mol. The van der Waals surface area contributed by atoms with E-state index in [9.17, 15) is 9.18 Å². The molecule has 0 radical (unpaired) electrons. The Morgan fingerprint density at radius 2 is 2.05 bits per heavy atom. The quantitative estimate of drug-likeness (QED) is 0.769. The van der Waals surface area contributed by atoms with Gasteiger partial charge in [-0.3, -0.25) is 9.78 Å². The number of ketones is 1. The van der Waals surface area contributed by atoms with Crippen molar-refractivity contribution >= 4 is 5.78 Å². The molecule has 2 rings (SSSR count). The number of hydrogen-bond donors (Lipinski definition) is 0. The highest BCUT2D eigenvalue weighted by Crippen LogP contribution is 2.10. The summed E-state index contributed by atoms with van der Waals surface area (Å²) < 4.78 is 12.8. The van der Waals surface area contributed by atoms with Gasteiger partial charge in [0.15, 0.2) is 5.78 Å². The molecule has 1 atom stereocenters. The van der Waals surface area contributed by atoms with E-state index in [2.05, 4.69) is 21.8 Å². The van der Waals surface area contributed by atoms with Crippen LogP contribution in [-0.4, -0.2) is 60.3 Å². The van der Waals surface area contributed by atoms with Crippen LogP contribution in [0.4, 0.5) is 4.39 Å². The molecule has 5 heteroatoms. The molecule has 4 nitrogen and oxygen atoms in total. The lowest BCUT2D eigenvalue weighted by Gasteiger charge is -2.33. The van der Waals surface area contributed by atoms with Gasteiger partial charge < -0.3 is 9.80 Å². The van der Waals surface area contributed by atoms with Gasteiger partial charge >= 0.3 is 0 Å². The zero-order chi connectivity index (χ0) is 13.8. The third-order valence-electron chi connectivity index (χ3n) is 3.56. The van der Waals surface area contributed by atoms with Crippen LogP contribution in [0.3, 0.4) is 0 Å². The van der Waals surface area contributed by atoms with E-state index >= 15 is 0 Å². The zero-order valence-electron chi connectivity index (χ0n) is 11.5. The first kappa shape index (κ1) is 14.1. The maximum absolute atomic E-state index is 12.8. The van der Waals surface area contributed by atoms with E-state index in [0.29, 0.717) is 5.69 Å². The lowest BCUT2D eigenvalue weighted by molar-refractivity contribution is 0.0849. The van der Waals surface area contributed by atoms with Crippen LogP contribution in [0.2, 0.25) is 0 Å². The van der Waals surface area contributed by atoms with Gasteiger partial charge in [0, 0.05) is 38.6 Å². The van der Waals surface area contributed by atoms with E-state index in [-0.39, 0.29) is 11.7 Å². The third-order valence-corrected chi connectivity index (χ3v) is 3.56. The van der Waals surface area contributed by atoms with Gasteiger partial charge in [-0.05, 0) is 19.2 Å². The van der Waals surface area contributed by atoms with Crippen LogP contribution in [-0.2, 0) is 0 Å². The van der Waals surface area contributed by atoms with Crippen molar-refractivity contribution < 1.29 is 9.18 Å². The summed E-state index contributed by atoms with van der Waals surface area (Å²) in [5.74, 6) is -0.538. The van der Waals surface area contributed by atoms with E-state index in [4.69, 9.17) is 0 Å². The molecule has 1 saturated heterocycles. The molecule has 19 heavy (non-hydrogen) atoms. The SMILES string of the molecule is CC(CN1CCN(C)CC1)C(=O)c1ccc(F)cn1. The van der Waals surface area contributed by atoms with Gasteiger partial charge in [-0.1, -0.05) is 6.92 Å². The molecule has 1 fully saturated rings. The van der Waals surface area contributed by atoms with E-state index in [1.807, 2.05) is 6.92 Å². The molecular formula is C14H20FN3O.